The van der Waals surface area contributed by atoms with E-state index in [9.17, 15) is 19.2 Å². The molecule has 0 saturated carbocycles. The van der Waals surface area contributed by atoms with Crippen LogP contribution in [0.2, 0.25) is 0 Å². The Balaban J connectivity index is 1.53. The van der Waals surface area contributed by atoms with Crippen LogP contribution >= 0.6 is 0 Å². The van der Waals surface area contributed by atoms with Gasteiger partial charge in [0, 0.05) is 5.69 Å². The minimum absolute atomic E-state index is 0.504. The summed E-state index contributed by atoms with van der Waals surface area (Å²) >= 11 is 0. The summed E-state index contributed by atoms with van der Waals surface area (Å²) in [6, 6.07) is 14.6. The van der Waals surface area contributed by atoms with Gasteiger partial charge in [0.15, 0.2) is 6.61 Å². The fourth-order valence-electron chi connectivity index (χ4n) is 3.00. The highest BCUT2D eigenvalue weighted by Crippen LogP contribution is 2.28. The second-order valence-electron chi connectivity index (χ2n) is 6.75. The van der Waals surface area contributed by atoms with Crippen molar-refractivity contribution >= 4 is 29.5 Å². The van der Waals surface area contributed by atoms with Crippen LogP contribution in [0.25, 0.3) is 0 Å². The molecule has 0 bridgehead atoms. The number of hydrogen-bond acceptors (Lipinski definition) is 6. The van der Waals surface area contributed by atoms with Gasteiger partial charge in [0.1, 0.15) is 17.8 Å². The molecule has 0 radical (unpaired) electrons. The van der Waals surface area contributed by atoms with E-state index in [2.05, 4.69) is 10.6 Å². The molecule has 0 aromatic heterocycles. The highest BCUT2D eigenvalue weighted by molar-refractivity contribution is 6.09. The Bertz CT molecular complexity index is 960. The zero-order valence-corrected chi connectivity index (χ0v) is 16.5. The van der Waals surface area contributed by atoms with E-state index < -0.39 is 42.5 Å². The van der Waals surface area contributed by atoms with Gasteiger partial charge >= 0.3 is 12.0 Å². The van der Waals surface area contributed by atoms with Gasteiger partial charge in [-0.2, -0.15) is 0 Å². The summed E-state index contributed by atoms with van der Waals surface area (Å²) in [7, 11) is 1.53. The summed E-state index contributed by atoms with van der Waals surface area (Å²) in [5, 5.41) is 5.16. The molecule has 1 heterocycles. The molecule has 156 valence electrons. The standard InChI is InChI=1S/C21H21N3O6/c1-21(14-6-4-3-5-7-14)19(27)24(20(28)23-21)12-18(26)30-13-17(25)22-15-8-10-16(29-2)11-9-15/h3-11H,12-13H2,1-2H3,(H,22,25)(H,23,28)/t21-/m1/s1. The maximum Gasteiger partial charge on any atom is 0.326 e. The van der Waals surface area contributed by atoms with Crippen molar-refractivity contribution in [2.24, 2.45) is 0 Å². The molecule has 2 aromatic rings. The molecule has 1 aliphatic heterocycles. The van der Waals surface area contributed by atoms with Crippen molar-refractivity contribution in [2.75, 3.05) is 25.6 Å². The lowest BCUT2D eigenvalue weighted by Gasteiger charge is -2.21. The van der Waals surface area contributed by atoms with Crippen molar-refractivity contribution in [2.45, 2.75) is 12.5 Å². The van der Waals surface area contributed by atoms with Crippen molar-refractivity contribution < 1.29 is 28.7 Å². The Kier molecular flexibility index (Phi) is 6.01. The topological polar surface area (TPSA) is 114 Å². The first kappa shape index (κ1) is 20.8. The Labute approximate surface area is 172 Å². The third-order valence-corrected chi connectivity index (χ3v) is 4.65. The van der Waals surface area contributed by atoms with Gasteiger partial charge in [-0.25, -0.2) is 4.79 Å². The predicted octanol–water partition coefficient (Wildman–Crippen LogP) is 1.64. The Morgan fingerprint density at radius 2 is 1.73 bits per heavy atom. The molecule has 1 aliphatic rings. The maximum absolute atomic E-state index is 12.8. The lowest BCUT2D eigenvalue weighted by Crippen LogP contribution is -2.41. The first-order valence-electron chi connectivity index (χ1n) is 9.12. The van der Waals surface area contributed by atoms with Crippen LogP contribution in [0.4, 0.5) is 10.5 Å². The molecule has 1 saturated heterocycles. The molecular weight excluding hydrogens is 390 g/mol. The lowest BCUT2D eigenvalue weighted by molar-refractivity contribution is -0.150. The molecule has 1 atom stereocenters. The number of nitrogens with zero attached hydrogens (tertiary/aromatic N) is 1. The highest BCUT2D eigenvalue weighted by Gasteiger charge is 2.49. The van der Waals surface area contributed by atoms with Crippen LogP contribution in [0, 0.1) is 0 Å². The molecule has 0 unspecified atom stereocenters. The van der Waals surface area contributed by atoms with Gasteiger partial charge in [-0.15, -0.1) is 0 Å². The third kappa shape index (κ3) is 4.40. The molecule has 2 N–H and O–H groups in total. The molecular formula is C21H21N3O6. The van der Waals surface area contributed by atoms with Crippen molar-refractivity contribution in [3.8, 4) is 5.75 Å². The summed E-state index contributed by atoms with van der Waals surface area (Å²) in [5.74, 6) is -1.37. The van der Waals surface area contributed by atoms with Crippen LogP contribution in [0.1, 0.15) is 12.5 Å². The number of anilines is 1. The molecule has 9 nitrogen and oxygen atoms in total. The number of nitrogens with one attached hydrogen (secondary N) is 2. The monoisotopic (exact) mass is 411 g/mol. The molecule has 0 spiro atoms. The van der Waals surface area contributed by atoms with Gasteiger partial charge in [-0.05, 0) is 36.8 Å². The maximum atomic E-state index is 12.8. The van der Waals surface area contributed by atoms with Crippen LogP contribution in [0.5, 0.6) is 5.75 Å². The second-order valence-corrected chi connectivity index (χ2v) is 6.75. The fraction of sp³-hybridized carbons (Fsp3) is 0.238. The summed E-state index contributed by atoms with van der Waals surface area (Å²) in [6.45, 7) is 0.420. The Morgan fingerprint density at radius 3 is 2.37 bits per heavy atom. The first-order chi connectivity index (χ1) is 14.3. The summed E-state index contributed by atoms with van der Waals surface area (Å²) in [4.78, 5) is 49.8. The van der Waals surface area contributed by atoms with E-state index in [-0.39, 0.29) is 0 Å². The van der Waals surface area contributed by atoms with Gasteiger partial charge < -0.3 is 20.1 Å². The predicted molar refractivity (Wildman–Crippen MR) is 107 cm³/mol. The van der Waals surface area contributed by atoms with Gasteiger partial charge in [0.2, 0.25) is 0 Å². The molecule has 1 fully saturated rings. The number of esters is 1. The smallest absolute Gasteiger partial charge is 0.326 e. The van der Waals surface area contributed by atoms with Crippen LogP contribution in [0.3, 0.4) is 0 Å². The van der Waals surface area contributed by atoms with E-state index in [1.54, 1.807) is 61.5 Å². The van der Waals surface area contributed by atoms with Crippen molar-refractivity contribution in [1.29, 1.82) is 0 Å². The molecule has 4 amide bonds. The normalized spacial score (nSPS) is 18.0. The highest BCUT2D eigenvalue weighted by atomic mass is 16.5. The van der Waals surface area contributed by atoms with Gasteiger partial charge in [0.25, 0.3) is 11.8 Å². The molecule has 9 heteroatoms. The third-order valence-electron chi connectivity index (χ3n) is 4.65. The fourth-order valence-corrected chi connectivity index (χ4v) is 3.00. The summed E-state index contributed by atoms with van der Waals surface area (Å²) in [6.07, 6.45) is 0. The van der Waals surface area contributed by atoms with Crippen LogP contribution in [0.15, 0.2) is 54.6 Å². The van der Waals surface area contributed by atoms with Gasteiger partial charge in [-0.1, -0.05) is 30.3 Å². The van der Waals surface area contributed by atoms with Crippen molar-refractivity contribution in [3.05, 3.63) is 60.2 Å². The molecule has 3 rings (SSSR count). The van der Waals surface area contributed by atoms with E-state index in [4.69, 9.17) is 9.47 Å². The quantitative estimate of drug-likeness (QED) is 0.529. The number of imide groups is 1. The van der Waals surface area contributed by atoms with Crippen LogP contribution in [-0.4, -0.2) is 49.0 Å². The number of carbonyl (C=O) groups is 4. The van der Waals surface area contributed by atoms with Crippen molar-refractivity contribution in [1.82, 2.24) is 10.2 Å². The number of rotatable bonds is 7. The van der Waals surface area contributed by atoms with Gasteiger partial charge in [-0.3, -0.25) is 19.3 Å². The lowest BCUT2D eigenvalue weighted by atomic mass is 9.92. The summed E-state index contributed by atoms with van der Waals surface area (Å²) < 4.78 is 9.93. The average molecular weight is 411 g/mol. The molecule has 0 aliphatic carbocycles. The number of amides is 4. The minimum atomic E-state index is -1.27. The Hall–Kier alpha value is -3.88. The van der Waals surface area contributed by atoms with E-state index in [0.29, 0.717) is 17.0 Å². The van der Waals surface area contributed by atoms with E-state index in [1.165, 1.54) is 7.11 Å². The zero-order valence-electron chi connectivity index (χ0n) is 16.5. The molecule has 30 heavy (non-hydrogen) atoms. The minimum Gasteiger partial charge on any atom is -0.497 e. The second kappa shape index (κ2) is 8.64. The number of ether oxygens (including phenoxy) is 2. The number of methoxy groups -OCH3 is 1. The average Bonchev–Trinajstić information content (AvgIpc) is 2.97. The number of urea groups is 1. The van der Waals surface area contributed by atoms with Crippen LogP contribution in [-0.2, 0) is 24.7 Å². The summed E-state index contributed by atoms with van der Waals surface area (Å²) in [5.41, 5.74) is -0.174. The van der Waals surface area contributed by atoms with E-state index in [1.807, 2.05) is 0 Å². The number of carbonyl (C=O) groups excluding carboxylic acids is 4. The zero-order chi connectivity index (χ0) is 21.7. The van der Waals surface area contributed by atoms with Crippen molar-refractivity contribution in [3.63, 3.8) is 0 Å². The van der Waals surface area contributed by atoms with E-state index >= 15 is 0 Å². The first-order valence-corrected chi connectivity index (χ1v) is 9.12. The number of hydrogen-bond donors (Lipinski definition) is 2. The number of benzene rings is 2. The largest absolute Gasteiger partial charge is 0.497 e. The van der Waals surface area contributed by atoms with Crippen LogP contribution < -0.4 is 15.4 Å². The Morgan fingerprint density at radius 1 is 1.07 bits per heavy atom. The SMILES string of the molecule is COc1ccc(NC(=O)COC(=O)CN2C(=O)N[C@](C)(c3ccccc3)C2=O)cc1. The van der Waals surface area contributed by atoms with E-state index in [0.717, 1.165) is 4.90 Å². The molecule has 2 aromatic carbocycles. The van der Waals surface area contributed by atoms with Gasteiger partial charge in [0.05, 0.1) is 7.11 Å².